The summed E-state index contributed by atoms with van der Waals surface area (Å²) >= 11 is 5.93. The summed E-state index contributed by atoms with van der Waals surface area (Å²) in [6.45, 7) is 4.14. The number of carbonyl (C=O) groups excluding carboxylic acids is 1. The lowest BCUT2D eigenvalue weighted by Crippen LogP contribution is -2.14. The van der Waals surface area contributed by atoms with Crippen molar-refractivity contribution in [2.45, 2.75) is 32.6 Å². The second-order valence-corrected chi connectivity index (χ2v) is 6.95. The number of pyridine rings is 1. The summed E-state index contributed by atoms with van der Waals surface area (Å²) in [5.74, 6) is -0.977. The smallest absolute Gasteiger partial charge is 0.303 e. The largest absolute Gasteiger partial charge is 0.490 e. The van der Waals surface area contributed by atoms with Gasteiger partial charge in [0.15, 0.2) is 17.2 Å². The molecule has 7 heteroatoms. The van der Waals surface area contributed by atoms with Gasteiger partial charge in [0.25, 0.3) is 0 Å². The third-order valence-electron chi connectivity index (χ3n) is 4.55. The molecule has 0 aliphatic carbocycles. The molecule has 1 aromatic carbocycles. The van der Waals surface area contributed by atoms with Gasteiger partial charge in [-0.25, -0.2) is 4.98 Å². The topological polar surface area (TPSA) is 80.9 Å². The Balaban J connectivity index is 1.95. The number of fused-ring (bicyclic) bond motifs is 1. The fraction of sp³-hybridized carbons (Fsp3) is 0.286. The molecule has 0 bridgehead atoms. The zero-order chi connectivity index (χ0) is 20.3. The van der Waals surface area contributed by atoms with Crippen molar-refractivity contribution < 1.29 is 19.4 Å². The molecule has 0 saturated carbocycles. The molecular weight excluding hydrogens is 380 g/mol. The van der Waals surface area contributed by atoms with Crippen LogP contribution in [-0.4, -0.2) is 32.9 Å². The maximum atomic E-state index is 13.1. The lowest BCUT2D eigenvalue weighted by molar-refractivity contribution is -0.137. The number of carbonyl (C=O) groups is 2. The number of nitrogens with zero attached hydrogens (tertiary/aromatic N) is 2. The zero-order valence-electron chi connectivity index (χ0n) is 15.7. The van der Waals surface area contributed by atoms with Crippen LogP contribution >= 0.6 is 11.6 Å². The first-order chi connectivity index (χ1) is 13.4. The zero-order valence-corrected chi connectivity index (χ0v) is 16.4. The molecule has 6 nitrogen and oxygen atoms in total. The molecule has 3 rings (SSSR count). The molecule has 0 unspecified atom stereocenters. The number of Topliss-reactive ketones (excluding diaryl/α,β-unsaturated/α-hetero) is 1. The normalized spacial score (nSPS) is 12.1. The van der Waals surface area contributed by atoms with Crippen molar-refractivity contribution in [2.24, 2.45) is 0 Å². The lowest BCUT2D eigenvalue weighted by Gasteiger charge is -2.15. The average Bonchev–Trinajstić information content (AvgIpc) is 2.98. The highest BCUT2D eigenvalue weighted by Crippen LogP contribution is 2.29. The number of aromatic nitrogens is 2. The number of carboxylic acids is 1. The predicted molar refractivity (Wildman–Crippen MR) is 106 cm³/mol. The molecule has 2 heterocycles. The standard InChI is InChI=1S/C21H21ClN2O4/c1-3-28-18-5-4-10-24-20(13(2)23-21(18)24)17(25)11-15(12-19(26)27)14-6-8-16(22)9-7-14/h4-10,15H,3,11-12H2,1-2H3,(H,26,27)/t15-/m0/s1. The van der Waals surface area contributed by atoms with Crippen molar-refractivity contribution in [3.05, 3.63) is 64.6 Å². The summed E-state index contributed by atoms with van der Waals surface area (Å²) in [6, 6.07) is 10.5. The van der Waals surface area contributed by atoms with E-state index in [1.54, 1.807) is 53.9 Å². The number of benzene rings is 1. The molecule has 2 aromatic heterocycles. The van der Waals surface area contributed by atoms with Crippen LogP contribution in [0, 0.1) is 6.92 Å². The highest BCUT2D eigenvalue weighted by molar-refractivity contribution is 6.30. The van der Waals surface area contributed by atoms with Gasteiger partial charge in [0, 0.05) is 23.6 Å². The minimum Gasteiger partial charge on any atom is -0.490 e. The number of hydrogen-bond acceptors (Lipinski definition) is 4. The van der Waals surface area contributed by atoms with Crippen LogP contribution in [0.2, 0.25) is 5.02 Å². The van der Waals surface area contributed by atoms with E-state index in [-0.39, 0.29) is 18.6 Å². The minimum atomic E-state index is -0.957. The Morgan fingerprint density at radius 3 is 2.57 bits per heavy atom. The maximum absolute atomic E-state index is 13.1. The first kappa shape index (κ1) is 19.9. The van der Waals surface area contributed by atoms with Crippen LogP contribution in [0.5, 0.6) is 5.75 Å². The van der Waals surface area contributed by atoms with Crippen LogP contribution in [0.1, 0.15) is 47.4 Å². The molecule has 1 N–H and O–H groups in total. The monoisotopic (exact) mass is 400 g/mol. The highest BCUT2D eigenvalue weighted by atomic mass is 35.5. The third kappa shape index (κ3) is 4.17. The van der Waals surface area contributed by atoms with E-state index < -0.39 is 11.9 Å². The van der Waals surface area contributed by atoms with E-state index in [2.05, 4.69) is 4.98 Å². The van der Waals surface area contributed by atoms with Crippen LogP contribution in [0.4, 0.5) is 0 Å². The number of imidazole rings is 1. The second kappa shape index (κ2) is 8.44. The van der Waals surface area contributed by atoms with Crippen molar-refractivity contribution in [1.82, 2.24) is 9.38 Å². The summed E-state index contributed by atoms with van der Waals surface area (Å²) in [4.78, 5) is 29.0. The van der Waals surface area contributed by atoms with E-state index in [0.717, 1.165) is 5.56 Å². The lowest BCUT2D eigenvalue weighted by atomic mass is 9.90. The van der Waals surface area contributed by atoms with Gasteiger partial charge in [-0.3, -0.25) is 14.0 Å². The van der Waals surface area contributed by atoms with Gasteiger partial charge in [-0.15, -0.1) is 0 Å². The van der Waals surface area contributed by atoms with Crippen molar-refractivity contribution >= 4 is 29.0 Å². The van der Waals surface area contributed by atoms with Gasteiger partial charge in [0.1, 0.15) is 5.69 Å². The van der Waals surface area contributed by atoms with E-state index in [9.17, 15) is 14.7 Å². The summed E-state index contributed by atoms with van der Waals surface area (Å²) in [6.07, 6.45) is 1.67. The highest BCUT2D eigenvalue weighted by Gasteiger charge is 2.24. The van der Waals surface area contributed by atoms with Gasteiger partial charge in [0.2, 0.25) is 0 Å². The molecule has 146 valence electrons. The maximum Gasteiger partial charge on any atom is 0.303 e. The predicted octanol–water partition coefficient (Wildman–Crippen LogP) is 4.53. The van der Waals surface area contributed by atoms with Crippen LogP contribution in [0.25, 0.3) is 5.65 Å². The summed E-state index contributed by atoms with van der Waals surface area (Å²) in [5.41, 5.74) is 2.37. The van der Waals surface area contributed by atoms with E-state index in [1.807, 2.05) is 6.92 Å². The Bertz CT molecular complexity index is 1010. The Labute approximate surface area is 167 Å². The Morgan fingerprint density at radius 1 is 1.21 bits per heavy atom. The number of carboxylic acid groups (broad SMARTS) is 1. The molecule has 0 amide bonds. The van der Waals surface area contributed by atoms with Crippen LogP contribution < -0.4 is 4.74 Å². The molecule has 0 aliphatic heterocycles. The second-order valence-electron chi connectivity index (χ2n) is 6.52. The number of halogens is 1. The van der Waals surface area contributed by atoms with Gasteiger partial charge in [0.05, 0.1) is 18.7 Å². The van der Waals surface area contributed by atoms with Gasteiger partial charge >= 0.3 is 5.97 Å². The number of ketones is 1. The first-order valence-electron chi connectivity index (χ1n) is 9.01. The van der Waals surface area contributed by atoms with Crippen molar-refractivity contribution in [1.29, 1.82) is 0 Å². The molecule has 28 heavy (non-hydrogen) atoms. The quantitative estimate of drug-likeness (QED) is 0.562. The van der Waals surface area contributed by atoms with E-state index in [4.69, 9.17) is 16.3 Å². The van der Waals surface area contributed by atoms with Gasteiger partial charge in [-0.1, -0.05) is 23.7 Å². The van der Waals surface area contributed by atoms with Gasteiger partial charge in [-0.05, 0) is 43.7 Å². The third-order valence-corrected chi connectivity index (χ3v) is 4.80. The molecule has 0 radical (unpaired) electrons. The fourth-order valence-corrected chi connectivity index (χ4v) is 3.46. The molecule has 1 atom stereocenters. The summed E-state index contributed by atoms with van der Waals surface area (Å²) in [5, 5.41) is 9.85. The van der Waals surface area contributed by atoms with Crippen LogP contribution in [0.15, 0.2) is 42.6 Å². The summed E-state index contributed by atoms with van der Waals surface area (Å²) < 4.78 is 7.31. The van der Waals surface area contributed by atoms with Crippen molar-refractivity contribution in [3.8, 4) is 5.75 Å². The molecule has 3 aromatic rings. The molecule has 0 saturated heterocycles. The van der Waals surface area contributed by atoms with E-state index in [0.29, 0.717) is 34.4 Å². The van der Waals surface area contributed by atoms with Crippen LogP contribution in [-0.2, 0) is 4.79 Å². The van der Waals surface area contributed by atoms with Gasteiger partial charge < -0.3 is 9.84 Å². The average molecular weight is 401 g/mol. The number of rotatable bonds is 8. The Hall–Kier alpha value is -2.86. The number of aryl methyl sites for hydroxylation is 1. The minimum absolute atomic E-state index is 0.0570. The number of aliphatic carboxylic acids is 1. The van der Waals surface area contributed by atoms with E-state index in [1.165, 1.54) is 0 Å². The molecule has 0 fully saturated rings. The Morgan fingerprint density at radius 2 is 1.93 bits per heavy atom. The van der Waals surface area contributed by atoms with Crippen molar-refractivity contribution in [2.75, 3.05) is 6.61 Å². The molecule has 0 aliphatic rings. The first-order valence-corrected chi connectivity index (χ1v) is 9.39. The summed E-state index contributed by atoms with van der Waals surface area (Å²) in [7, 11) is 0. The number of hydrogen-bond donors (Lipinski definition) is 1. The van der Waals surface area contributed by atoms with Crippen LogP contribution in [0.3, 0.4) is 0 Å². The SMILES string of the molecule is CCOc1cccn2c(C(=O)C[C@@H](CC(=O)O)c3ccc(Cl)cc3)c(C)nc12. The Kier molecular flexibility index (Phi) is 5.99. The van der Waals surface area contributed by atoms with Gasteiger partial charge in [-0.2, -0.15) is 0 Å². The number of ether oxygens (including phenoxy) is 1. The van der Waals surface area contributed by atoms with Crippen molar-refractivity contribution in [3.63, 3.8) is 0 Å². The van der Waals surface area contributed by atoms with E-state index >= 15 is 0 Å². The molecular formula is C21H21ClN2O4. The fourth-order valence-electron chi connectivity index (χ4n) is 3.33. The molecule has 0 spiro atoms.